The summed E-state index contributed by atoms with van der Waals surface area (Å²) >= 11 is 1.39. The van der Waals surface area contributed by atoms with Gasteiger partial charge in [-0.1, -0.05) is 18.2 Å². The zero-order chi connectivity index (χ0) is 16.7. The summed E-state index contributed by atoms with van der Waals surface area (Å²) in [5, 5.41) is 5.22. The van der Waals surface area contributed by atoms with Gasteiger partial charge < -0.3 is 11.1 Å². The van der Waals surface area contributed by atoms with Crippen molar-refractivity contribution in [1.29, 1.82) is 0 Å². The molecule has 0 radical (unpaired) electrons. The Labute approximate surface area is 138 Å². The number of guanidine groups is 1. The van der Waals surface area contributed by atoms with Crippen LogP contribution in [-0.4, -0.2) is 23.5 Å². The fourth-order valence-corrected chi connectivity index (χ4v) is 2.50. The molecule has 0 spiro atoms. The highest BCUT2D eigenvalue weighted by molar-refractivity contribution is 7.13. The summed E-state index contributed by atoms with van der Waals surface area (Å²) in [6.07, 6.45) is 0. The zero-order valence-corrected chi connectivity index (χ0v) is 13.8. The second-order valence-electron chi connectivity index (χ2n) is 4.66. The maximum atomic E-state index is 11.0. The van der Waals surface area contributed by atoms with Gasteiger partial charge in [0.05, 0.1) is 12.3 Å². The standard InChI is InChI=1S/C15H19N5O2S/c1-3-22-20-14(16)19-15-18-13(9-23-15)12-6-4-5-11(7-12)8-17-10(2)21/h4-7,9H,3,8H2,1-2H3,(H,17,21)(H3,16,18,19,20). The summed E-state index contributed by atoms with van der Waals surface area (Å²) < 4.78 is 0. The van der Waals surface area contributed by atoms with E-state index < -0.39 is 0 Å². The normalized spacial score (nSPS) is 11.3. The Morgan fingerprint density at radius 2 is 2.30 bits per heavy atom. The van der Waals surface area contributed by atoms with Crippen LogP contribution in [0.5, 0.6) is 0 Å². The van der Waals surface area contributed by atoms with E-state index >= 15 is 0 Å². The van der Waals surface area contributed by atoms with Crippen molar-refractivity contribution >= 4 is 28.3 Å². The molecule has 0 saturated heterocycles. The van der Waals surface area contributed by atoms with E-state index in [4.69, 9.17) is 10.6 Å². The lowest BCUT2D eigenvalue weighted by atomic mass is 10.1. The third kappa shape index (κ3) is 5.35. The molecule has 0 aliphatic rings. The molecule has 1 amide bonds. The van der Waals surface area contributed by atoms with Gasteiger partial charge >= 0.3 is 0 Å². The summed E-state index contributed by atoms with van der Waals surface area (Å²) in [6.45, 7) is 4.31. The van der Waals surface area contributed by atoms with Crippen molar-refractivity contribution in [3.05, 3.63) is 35.2 Å². The van der Waals surface area contributed by atoms with Crippen molar-refractivity contribution in [2.45, 2.75) is 20.4 Å². The number of nitrogens with one attached hydrogen (secondary N) is 2. The lowest BCUT2D eigenvalue weighted by Gasteiger charge is -2.04. The SMILES string of the molecule is CCON/C(N)=N/c1nc(-c2cccc(CNC(C)=O)c2)cs1. The number of amides is 1. The zero-order valence-electron chi connectivity index (χ0n) is 13.0. The monoisotopic (exact) mass is 333 g/mol. The Morgan fingerprint density at radius 3 is 3.04 bits per heavy atom. The van der Waals surface area contributed by atoms with Crippen molar-refractivity contribution in [1.82, 2.24) is 15.8 Å². The molecule has 0 bridgehead atoms. The summed E-state index contributed by atoms with van der Waals surface area (Å²) in [4.78, 5) is 24.5. The molecule has 122 valence electrons. The van der Waals surface area contributed by atoms with Crippen LogP contribution in [-0.2, 0) is 16.2 Å². The minimum Gasteiger partial charge on any atom is -0.368 e. The van der Waals surface area contributed by atoms with Crippen LogP contribution < -0.4 is 16.5 Å². The first-order chi connectivity index (χ1) is 11.1. The smallest absolute Gasteiger partial charge is 0.220 e. The molecule has 0 fully saturated rings. The highest BCUT2D eigenvalue weighted by Crippen LogP contribution is 2.27. The Kier molecular flexibility index (Phi) is 6.07. The van der Waals surface area contributed by atoms with Crippen LogP contribution in [0.3, 0.4) is 0 Å². The van der Waals surface area contributed by atoms with Gasteiger partial charge in [-0.2, -0.15) is 4.99 Å². The predicted octanol–water partition coefficient (Wildman–Crippen LogP) is 1.93. The number of carbonyl (C=O) groups excluding carboxylic acids is 1. The minimum atomic E-state index is -0.0574. The van der Waals surface area contributed by atoms with Crippen LogP contribution in [0.4, 0.5) is 5.13 Å². The molecule has 8 heteroatoms. The fourth-order valence-electron chi connectivity index (χ4n) is 1.79. The molecular weight excluding hydrogens is 314 g/mol. The molecule has 0 atom stereocenters. The van der Waals surface area contributed by atoms with E-state index in [2.05, 4.69) is 20.8 Å². The topological polar surface area (TPSA) is 102 Å². The number of nitrogens with zero attached hydrogens (tertiary/aromatic N) is 2. The fraction of sp³-hybridized carbons (Fsp3) is 0.267. The number of hydrogen-bond acceptors (Lipinski definition) is 5. The number of hydroxylamine groups is 1. The first-order valence-corrected chi connectivity index (χ1v) is 7.97. The van der Waals surface area contributed by atoms with E-state index in [1.54, 1.807) is 0 Å². The number of rotatable bonds is 6. The number of nitrogens with two attached hydrogens (primary N) is 1. The number of aliphatic imine (C=N–C) groups is 1. The van der Waals surface area contributed by atoms with E-state index in [1.807, 2.05) is 36.6 Å². The number of aromatic nitrogens is 1. The molecule has 23 heavy (non-hydrogen) atoms. The average molecular weight is 333 g/mol. The number of thiazole rings is 1. The Hall–Kier alpha value is -2.45. The predicted molar refractivity (Wildman–Crippen MR) is 91.1 cm³/mol. The summed E-state index contributed by atoms with van der Waals surface area (Å²) in [5.41, 5.74) is 11.0. The van der Waals surface area contributed by atoms with Crippen molar-refractivity contribution in [3.63, 3.8) is 0 Å². The van der Waals surface area contributed by atoms with Crippen LogP contribution in [0.2, 0.25) is 0 Å². The molecule has 1 heterocycles. The van der Waals surface area contributed by atoms with Crippen LogP contribution in [0.15, 0.2) is 34.6 Å². The van der Waals surface area contributed by atoms with Gasteiger partial charge in [0.1, 0.15) is 0 Å². The van der Waals surface area contributed by atoms with Crippen molar-refractivity contribution in [3.8, 4) is 11.3 Å². The summed E-state index contributed by atoms with van der Waals surface area (Å²) in [5.74, 6) is 0.102. The van der Waals surface area contributed by atoms with Gasteiger partial charge in [0.25, 0.3) is 0 Å². The largest absolute Gasteiger partial charge is 0.368 e. The average Bonchev–Trinajstić information content (AvgIpc) is 2.99. The van der Waals surface area contributed by atoms with Gasteiger partial charge in [0, 0.05) is 24.4 Å². The molecule has 0 aliphatic carbocycles. The van der Waals surface area contributed by atoms with Crippen LogP contribution in [0.1, 0.15) is 19.4 Å². The summed E-state index contributed by atoms with van der Waals surface area (Å²) in [6, 6.07) is 7.83. The maximum Gasteiger partial charge on any atom is 0.220 e. The van der Waals surface area contributed by atoms with Crippen LogP contribution >= 0.6 is 11.3 Å². The van der Waals surface area contributed by atoms with Gasteiger partial charge in [0.15, 0.2) is 0 Å². The van der Waals surface area contributed by atoms with Gasteiger partial charge in [-0.3, -0.25) is 9.63 Å². The molecule has 0 saturated carbocycles. The van der Waals surface area contributed by atoms with Crippen LogP contribution in [0, 0.1) is 0 Å². The highest BCUT2D eigenvalue weighted by atomic mass is 32.1. The van der Waals surface area contributed by atoms with E-state index in [1.165, 1.54) is 18.3 Å². The molecule has 1 aromatic carbocycles. The van der Waals surface area contributed by atoms with Gasteiger partial charge in [-0.05, 0) is 18.6 Å². The number of carbonyl (C=O) groups is 1. The molecule has 4 N–H and O–H groups in total. The molecule has 2 rings (SSSR count). The Bertz CT molecular complexity index is 699. The maximum absolute atomic E-state index is 11.0. The lowest BCUT2D eigenvalue weighted by molar-refractivity contribution is -0.119. The molecule has 0 unspecified atom stereocenters. The third-order valence-electron chi connectivity index (χ3n) is 2.79. The highest BCUT2D eigenvalue weighted by Gasteiger charge is 2.06. The molecule has 7 nitrogen and oxygen atoms in total. The first kappa shape index (κ1) is 16.9. The molecular formula is C15H19N5O2S. The number of benzene rings is 1. The van der Waals surface area contributed by atoms with Gasteiger partial charge in [-0.25, -0.2) is 10.5 Å². The third-order valence-corrected chi connectivity index (χ3v) is 3.53. The molecule has 0 aliphatic heterocycles. The van der Waals surface area contributed by atoms with Gasteiger partial charge in [-0.15, -0.1) is 11.3 Å². The van der Waals surface area contributed by atoms with Crippen molar-refractivity contribution < 1.29 is 9.63 Å². The van der Waals surface area contributed by atoms with Crippen molar-refractivity contribution in [2.75, 3.05) is 6.61 Å². The molecule has 2 aromatic rings. The first-order valence-electron chi connectivity index (χ1n) is 7.09. The minimum absolute atomic E-state index is 0.0574. The molecule has 1 aromatic heterocycles. The van der Waals surface area contributed by atoms with Gasteiger partial charge in [0.2, 0.25) is 17.0 Å². The van der Waals surface area contributed by atoms with Crippen LogP contribution in [0.25, 0.3) is 11.3 Å². The van der Waals surface area contributed by atoms with E-state index in [-0.39, 0.29) is 11.9 Å². The Morgan fingerprint density at radius 1 is 1.48 bits per heavy atom. The van der Waals surface area contributed by atoms with E-state index in [0.29, 0.717) is 18.3 Å². The Balaban J connectivity index is 2.11. The van der Waals surface area contributed by atoms with E-state index in [0.717, 1.165) is 16.8 Å². The van der Waals surface area contributed by atoms with Crippen molar-refractivity contribution in [2.24, 2.45) is 10.7 Å². The number of hydrogen-bond donors (Lipinski definition) is 3. The second-order valence-corrected chi connectivity index (χ2v) is 5.49. The summed E-state index contributed by atoms with van der Waals surface area (Å²) in [7, 11) is 0. The van der Waals surface area contributed by atoms with E-state index in [9.17, 15) is 4.79 Å². The lowest BCUT2D eigenvalue weighted by Crippen LogP contribution is -2.31. The quantitative estimate of drug-likeness (QED) is 0.426. The second kappa shape index (κ2) is 8.25.